The van der Waals surface area contributed by atoms with Gasteiger partial charge in [0.1, 0.15) is 5.82 Å². The average Bonchev–Trinajstić information content (AvgIpc) is 2.56. The highest BCUT2D eigenvalue weighted by Gasteiger charge is 2.07. The summed E-state index contributed by atoms with van der Waals surface area (Å²) < 4.78 is 25.0. The Morgan fingerprint density at radius 2 is 1.96 bits per heavy atom. The Kier molecular flexibility index (Phi) is 6.40. The minimum Gasteiger partial charge on any atom is -0.493 e. The van der Waals surface area contributed by atoms with Crippen molar-refractivity contribution in [3.8, 4) is 11.5 Å². The number of hydrogen-bond acceptors (Lipinski definition) is 3. The van der Waals surface area contributed by atoms with Gasteiger partial charge in [-0.1, -0.05) is 28.1 Å². The zero-order valence-corrected chi connectivity index (χ0v) is 14.2. The smallest absolute Gasteiger partial charge is 0.223 e. The van der Waals surface area contributed by atoms with E-state index >= 15 is 0 Å². The molecule has 0 unspecified atom stereocenters. The number of carbonyl (C=O) groups is 1. The van der Waals surface area contributed by atoms with Crippen LogP contribution in [-0.2, 0) is 11.3 Å². The second-order valence-electron chi connectivity index (χ2n) is 4.76. The highest BCUT2D eigenvalue weighted by atomic mass is 79.9. The first-order chi connectivity index (χ1) is 11.1. The molecule has 0 aliphatic carbocycles. The topological polar surface area (TPSA) is 47.6 Å². The quantitative estimate of drug-likeness (QED) is 0.795. The number of para-hydroxylation sites is 2. The van der Waals surface area contributed by atoms with Crippen molar-refractivity contribution in [2.75, 3.05) is 13.7 Å². The van der Waals surface area contributed by atoms with E-state index in [1.54, 1.807) is 31.4 Å². The largest absolute Gasteiger partial charge is 0.493 e. The van der Waals surface area contributed by atoms with E-state index in [0.29, 0.717) is 17.1 Å². The van der Waals surface area contributed by atoms with Gasteiger partial charge in [0.15, 0.2) is 11.5 Å². The Hall–Kier alpha value is -2.08. The first kappa shape index (κ1) is 17.3. The molecule has 0 saturated heterocycles. The first-order valence-electron chi connectivity index (χ1n) is 7.06. The van der Waals surface area contributed by atoms with Crippen molar-refractivity contribution >= 4 is 21.8 Å². The highest BCUT2D eigenvalue weighted by molar-refractivity contribution is 9.10. The van der Waals surface area contributed by atoms with Gasteiger partial charge in [0.25, 0.3) is 0 Å². The number of carbonyl (C=O) groups excluding carboxylic acids is 1. The minimum absolute atomic E-state index is 0.138. The molecule has 0 bridgehead atoms. The maximum atomic E-state index is 13.6. The van der Waals surface area contributed by atoms with Crippen LogP contribution in [-0.4, -0.2) is 19.6 Å². The van der Waals surface area contributed by atoms with Gasteiger partial charge >= 0.3 is 0 Å². The summed E-state index contributed by atoms with van der Waals surface area (Å²) in [7, 11) is 1.56. The summed E-state index contributed by atoms with van der Waals surface area (Å²) in [5.74, 6) is 0.642. The van der Waals surface area contributed by atoms with Crippen LogP contribution in [0.25, 0.3) is 0 Å². The van der Waals surface area contributed by atoms with Crippen molar-refractivity contribution in [2.45, 2.75) is 13.0 Å². The van der Waals surface area contributed by atoms with E-state index < -0.39 is 0 Å². The van der Waals surface area contributed by atoms with E-state index in [1.807, 2.05) is 12.1 Å². The Labute approximate surface area is 142 Å². The van der Waals surface area contributed by atoms with Gasteiger partial charge in [-0.05, 0) is 30.3 Å². The van der Waals surface area contributed by atoms with Crippen molar-refractivity contribution < 1.29 is 18.7 Å². The van der Waals surface area contributed by atoms with Crippen LogP contribution in [0.4, 0.5) is 4.39 Å². The number of halogens is 2. The lowest BCUT2D eigenvalue weighted by atomic mass is 10.2. The number of amides is 1. The molecule has 1 amide bonds. The summed E-state index contributed by atoms with van der Waals surface area (Å²) in [6.45, 7) is 0.353. The Balaban J connectivity index is 1.78. The maximum absolute atomic E-state index is 13.6. The Morgan fingerprint density at radius 1 is 1.22 bits per heavy atom. The molecule has 0 heterocycles. The highest BCUT2D eigenvalue weighted by Crippen LogP contribution is 2.25. The molecule has 2 rings (SSSR count). The third-order valence-corrected chi connectivity index (χ3v) is 3.63. The molecular formula is C17H17BrFNO3. The van der Waals surface area contributed by atoms with Crippen LogP contribution in [0.15, 0.2) is 46.9 Å². The van der Waals surface area contributed by atoms with Gasteiger partial charge in [-0.15, -0.1) is 0 Å². The summed E-state index contributed by atoms with van der Waals surface area (Å²) in [4.78, 5) is 11.8. The van der Waals surface area contributed by atoms with E-state index in [9.17, 15) is 9.18 Å². The molecule has 4 nitrogen and oxygen atoms in total. The lowest BCUT2D eigenvalue weighted by Crippen LogP contribution is -2.24. The normalized spacial score (nSPS) is 10.2. The van der Waals surface area contributed by atoms with Gasteiger partial charge in [0.2, 0.25) is 5.91 Å². The molecule has 2 aromatic rings. The van der Waals surface area contributed by atoms with E-state index in [1.165, 1.54) is 6.07 Å². The van der Waals surface area contributed by atoms with E-state index in [-0.39, 0.29) is 31.3 Å². The van der Waals surface area contributed by atoms with Crippen LogP contribution in [0.3, 0.4) is 0 Å². The van der Waals surface area contributed by atoms with Gasteiger partial charge in [0.05, 0.1) is 20.1 Å². The first-order valence-corrected chi connectivity index (χ1v) is 7.86. The van der Waals surface area contributed by atoms with Crippen molar-refractivity contribution in [3.63, 3.8) is 0 Å². The van der Waals surface area contributed by atoms with Crippen molar-refractivity contribution in [1.29, 1.82) is 0 Å². The van der Waals surface area contributed by atoms with Crippen LogP contribution >= 0.6 is 15.9 Å². The molecule has 0 radical (unpaired) electrons. The monoisotopic (exact) mass is 381 g/mol. The number of nitrogens with one attached hydrogen (secondary N) is 1. The van der Waals surface area contributed by atoms with Gasteiger partial charge in [0, 0.05) is 16.6 Å². The average molecular weight is 382 g/mol. The molecule has 0 aromatic heterocycles. The Morgan fingerprint density at radius 3 is 2.70 bits per heavy atom. The van der Waals surface area contributed by atoms with Gasteiger partial charge < -0.3 is 14.8 Å². The molecule has 0 aliphatic heterocycles. The standard InChI is InChI=1S/C17H17BrFNO3/c1-22-15-4-2-3-5-16(15)23-9-8-17(21)20-11-12-10-13(18)6-7-14(12)19/h2-7,10H,8-9,11H2,1H3,(H,20,21). The Bertz CT molecular complexity index is 679. The molecule has 0 aliphatic rings. The molecule has 6 heteroatoms. The second-order valence-corrected chi connectivity index (χ2v) is 5.68. The summed E-state index contributed by atoms with van der Waals surface area (Å²) in [6, 6.07) is 11.8. The molecule has 23 heavy (non-hydrogen) atoms. The molecule has 122 valence electrons. The molecule has 0 fully saturated rings. The lowest BCUT2D eigenvalue weighted by Gasteiger charge is -2.10. The number of rotatable bonds is 7. The third kappa shape index (κ3) is 5.25. The predicted molar refractivity (Wildman–Crippen MR) is 89.1 cm³/mol. The van der Waals surface area contributed by atoms with Gasteiger partial charge in [-0.25, -0.2) is 4.39 Å². The SMILES string of the molecule is COc1ccccc1OCCC(=O)NCc1cc(Br)ccc1F. The fourth-order valence-electron chi connectivity index (χ4n) is 1.95. The summed E-state index contributed by atoms with van der Waals surface area (Å²) in [5, 5.41) is 2.67. The molecule has 0 atom stereocenters. The minimum atomic E-state index is -0.348. The van der Waals surface area contributed by atoms with E-state index in [0.717, 1.165) is 4.47 Å². The molecule has 0 spiro atoms. The fourth-order valence-corrected chi connectivity index (χ4v) is 2.36. The zero-order valence-electron chi connectivity index (χ0n) is 12.6. The van der Waals surface area contributed by atoms with Crippen LogP contribution < -0.4 is 14.8 Å². The van der Waals surface area contributed by atoms with Gasteiger partial charge in [-0.2, -0.15) is 0 Å². The van der Waals surface area contributed by atoms with Crippen LogP contribution in [0.2, 0.25) is 0 Å². The molecular weight excluding hydrogens is 365 g/mol. The summed E-state index contributed by atoms with van der Waals surface area (Å²) in [6.07, 6.45) is 0.174. The van der Waals surface area contributed by atoms with Crippen LogP contribution in [0.5, 0.6) is 11.5 Å². The number of hydrogen-bond donors (Lipinski definition) is 1. The number of methoxy groups -OCH3 is 1. The van der Waals surface area contributed by atoms with Gasteiger partial charge in [-0.3, -0.25) is 4.79 Å². The fraction of sp³-hybridized carbons (Fsp3) is 0.235. The lowest BCUT2D eigenvalue weighted by molar-refractivity contribution is -0.121. The third-order valence-electron chi connectivity index (χ3n) is 3.14. The van der Waals surface area contributed by atoms with Crippen molar-refractivity contribution in [2.24, 2.45) is 0 Å². The summed E-state index contributed by atoms with van der Waals surface area (Å²) >= 11 is 3.27. The van der Waals surface area contributed by atoms with Crippen molar-refractivity contribution in [3.05, 3.63) is 58.3 Å². The number of ether oxygens (including phenoxy) is 2. The predicted octanol–water partition coefficient (Wildman–Crippen LogP) is 3.68. The van der Waals surface area contributed by atoms with Crippen LogP contribution in [0, 0.1) is 5.82 Å². The molecule has 0 saturated carbocycles. The van der Waals surface area contributed by atoms with Crippen molar-refractivity contribution in [1.82, 2.24) is 5.32 Å². The molecule has 2 aromatic carbocycles. The summed E-state index contributed by atoms with van der Waals surface area (Å²) in [5.41, 5.74) is 0.429. The zero-order chi connectivity index (χ0) is 16.7. The maximum Gasteiger partial charge on any atom is 0.223 e. The second kappa shape index (κ2) is 8.53. The molecule has 1 N–H and O–H groups in total. The van der Waals surface area contributed by atoms with Crippen LogP contribution in [0.1, 0.15) is 12.0 Å². The van der Waals surface area contributed by atoms with E-state index in [2.05, 4.69) is 21.2 Å². The van der Waals surface area contributed by atoms with E-state index in [4.69, 9.17) is 9.47 Å². The number of benzene rings is 2.